The van der Waals surface area contributed by atoms with E-state index in [-0.39, 0.29) is 0 Å². The van der Waals surface area contributed by atoms with Crippen LogP contribution in [0.3, 0.4) is 0 Å². The van der Waals surface area contributed by atoms with Crippen molar-refractivity contribution in [1.82, 2.24) is 20.2 Å². The molecular weight excluding hydrogens is 380 g/mol. The largest absolute Gasteiger partial charge is 0.495 e. The first kappa shape index (κ1) is 23.6. The standard InChI is InChI=1S/C13H13ClN4O2.C6H16N2/c1-15-12-9(14)6-16-13(18-12)17-10-4-3-8(7-19)5-11(10)20-2;1-4-8(3)6-5-7-2/h3-7H,1-2H3,(H2,15,16,17,18);7H,4-6H2,1-3H3. The number of halogens is 1. The van der Waals surface area contributed by atoms with E-state index in [1.807, 2.05) is 7.05 Å². The van der Waals surface area contributed by atoms with Gasteiger partial charge in [0.25, 0.3) is 0 Å². The van der Waals surface area contributed by atoms with E-state index in [4.69, 9.17) is 16.3 Å². The van der Waals surface area contributed by atoms with Crippen LogP contribution >= 0.6 is 11.6 Å². The number of anilines is 3. The van der Waals surface area contributed by atoms with Gasteiger partial charge in [-0.2, -0.15) is 4.98 Å². The van der Waals surface area contributed by atoms with E-state index in [1.54, 1.807) is 25.2 Å². The van der Waals surface area contributed by atoms with Crippen LogP contribution < -0.4 is 20.7 Å². The molecule has 0 spiro atoms. The first-order valence-corrected chi connectivity index (χ1v) is 9.30. The number of hydrogen-bond acceptors (Lipinski definition) is 8. The molecule has 0 saturated heterocycles. The maximum Gasteiger partial charge on any atom is 0.229 e. The Bertz CT molecular complexity index is 744. The molecule has 2 rings (SSSR count). The lowest BCUT2D eigenvalue weighted by Gasteiger charge is -2.11. The highest BCUT2D eigenvalue weighted by Gasteiger charge is 2.08. The summed E-state index contributed by atoms with van der Waals surface area (Å²) in [4.78, 5) is 21.3. The summed E-state index contributed by atoms with van der Waals surface area (Å²) in [5.74, 6) is 1.42. The van der Waals surface area contributed by atoms with Gasteiger partial charge in [-0.1, -0.05) is 18.5 Å². The summed E-state index contributed by atoms with van der Waals surface area (Å²) in [5, 5.41) is 9.41. The van der Waals surface area contributed by atoms with E-state index in [2.05, 4.69) is 44.8 Å². The number of nitrogens with zero attached hydrogens (tertiary/aromatic N) is 3. The molecule has 0 fully saturated rings. The van der Waals surface area contributed by atoms with Crippen molar-refractivity contribution >= 4 is 35.3 Å². The van der Waals surface area contributed by atoms with Crippen molar-refractivity contribution in [2.45, 2.75) is 6.92 Å². The average Bonchev–Trinajstić information content (AvgIpc) is 2.73. The van der Waals surface area contributed by atoms with Crippen LogP contribution in [0.1, 0.15) is 17.3 Å². The van der Waals surface area contributed by atoms with Crippen LogP contribution in [-0.2, 0) is 0 Å². The molecule has 3 N–H and O–H groups in total. The normalized spacial score (nSPS) is 10.1. The zero-order chi connectivity index (χ0) is 20.9. The minimum atomic E-state index is 0.371. The molecule has 1 heterocycles. The number of nitrogens with one attached hydrogen (secondary N) is 3. The van der Waals surface area contributed by atoms with E-state index >= 15 is 0 Å². The van der Waals surface area contributed by atoms with Gasteiger partial charge in [0.15, 0.2) is 0 Å². The zero-order valence-electron chi connectivity index (χ0n) is 17.0. The third-order valence-corrected chi connectivity index (χ3v) is 4.15. The number of aromatic nitrogens is 2. The highest BCUT2D eigenvalue weighted by molar-refractivity contribution is 6.32. The van der Waals surface area contributed by atoms with Gasteiger partial charge in [-0.15, -0.1) is 0 Å². The van der Waals surface area contributed by atoms with Crippen molar-refractivity contribution in [3.05, 3.63) is 35.0 Å². The van der Waals surface area contributed by atoms with Gasteiger partial charge in [0.2, 0.25) is 5.95 Å². The average molecular weight is 409 g/mol. The lowest BCUT2D eigenvalue weighted by atomic mass is 10.2. The number of carbonyl (C=O) groups is 1. The fourth-order valence-corrected chi connectivity index (χ4v) is 2.25. The van der Waals surface area contributed by atoms with Crippen LogP contribution in [0, 0.1) is 0 Å². The Morgan fingerprint density at radius 1 is 1.32 bits per heavy atom. The lowest BCUT2D eigenvalue weighted by molar-refractivity contribution is 0.112. The quantitative estimate of drug-likeness (QED) is 0.545. The molecule has 8 nitrogen and oxygen atoms in total. The fraction of sp³-hybridized carbons (Fsp3) is 0.421. The second-order valence-electron chi connectivity index (χ2n) is 5.84. The number of carbonyl (C=O) groups excluding carboxylic acids is 1. The molecule has 0 saturated carbocycles. The lowest BCUT2D eigenvalue weighted by Crippen LogP contribution is -2.26. The van der Waals surface area contributed by atoms with Crippen molar-refractivity contribution in [2.75, 3.05) is 58.5 Å². The molecule has 0 aliphatic carbocycles. The number of hydrogen-bond donors (Lipinski definition) is 3. The van der Waals surface area contributed by atoms with Crippen LogP contribution in [0.2, 0.25) is 5.02 Å². The summed E-state index contributed by atoms with van der Waals surface area (Å²) >= 11 is 5.92. The van der Waals surface area contributed by atoms with Crippen molar-refractivity contribution in [3.8, 4) is 5.75 Å². The molecule has 1 aromatic carbocycles. The van der Waals surface area contributed by atoms with E-state index in [0.29, 0.717) is 33.8 Å². The summed E-state index contributed by atoms with van der Waals surface area (Å²) in [6, 6.07) is 5.02. The SMILES string of the molecule is CCN(C)CCNC.CNc1nc(Nc2ccc(C=O)cc2OC)ncc1Cl. The van der Waals surface area contributed by atoms with Gasteiger partial charge in [0.1, 0.15) is 22.9 Å². The van der Waals surface area contributed by atoms with Crippen molar-refractivity contribution in [2.24, 2.45) is 0 Å². The maximum atomic E-state index is 10.7. The highest BCUT2D eigenvalue weighted by atomic mass is 35.5. The molecule has 9 heteroatoms. The summed E-state index contributed by atoms with van der Waals surface area (Å²) in [7, 11) is 7.34. The Hall–Kier alpha value is -2.42. The summed E-state index contributed by atoms with van der Waals surface area (Å²) < 4.78 is 5.22. The Kier molecular flexibility index (Phi) is 10.9. The molecule has 0 amide bonds. The van der Waals surface area contributed by atoms with Gasteiger partial charge in [-0.05, 0) is 38.8 Å². The molecular formula is C19H29ClN6O2. The molecule has 0 radical (unpaired) electrons. The number of rotatable bonds is 9. The predicted octanol–water partition coefficient (Wildman–Crippen LogP) is 2.89. The van der Waals surface area contributed by atoms with Crippen LogP contribution in [-0.4, -0.2) is 69.0 Å². The third kappa shape index (κ3) is 7.67. The van der Waals surface area contributed by atoms with Gasteiger partial charge < -0.3 is 25.6 Å². The number of likely N-dealkylation sites (N-methyl/N-ethyl adjacent to an activating group) is 2. The van der Waals surface area contributed by atoms with Crippen LogP contribution in [0.25, 0.3) is 0 Å². The Balaban J connectivity index is 0.000000416. The highest BCUT2D eigenvalue weighted by Crippen LogP contribution is 2.28. The molecule has 0 aliphatic heterocycles. The number of ether oxygens (including phenoxy) is 1. The first-order chi connectivity index (χ1) is 13.5. The zero-order valence-corrected chi connectivity index (χ0v) is 17.8. The van der Waals surface area contributed by atoms with Gasteiger partial charge in [0, 0.05) is 25.7 Å². The molecule has 154 valence electrons. The molecule has 0 atom stereocenters. The first-order valence-electron chi connectivity index (χ1n) is 8.92. The Morgan fingerprint density at radius 2 is 2.07 bits per heavy atom. The van der Waals surface area contributed by atoms with Gasteiger partial charge >= 0.3 is 0 Å². The van der Waals surface area contributed by atoms with Crippen LogP contribution in [0.15, 0.2) is 24.4 Å². The number of methoxy groups -OCH3 is 1. The smallest absolute Gasteiger partial charge is 0.229 e. The summed E-state index contributed by atoms with van der Waals surface area (Å²) in [5.41, 5.74) is 1.18. The van der Waals surface area contributed by atoms with Gasteiger partial charge in [0.05, 0.1) is 19.0 Å². The summed E-state index contributed by atoms with van der Waals surface area (Å²) in [6.45, 7) is 5.54. The topological polar surface area (TPSA) is 91.4 Å². The van der Waals surface area contributed by atoms with E-state index in [1.165, 1.54) is 13.3 Å². The van der Waals surface area contributed by atoms with E-state index < -0.39 is 0 Å². The van der Waals surface area contributed by atoms with Crippen LogP contribution in [0.5, 0.6) is 5.75 Å². The molecule has 1 aromatic heterocycles. The third-order valence-electron chi connectivity index (χ3n) is 3.87. The monoisotopic (exact) mass is 408 g/mol. The van der Waals surface area contributed by atoms with E-state index in [0.717, 1.165) is 25.9 Å². The van der Waals surface area contributed by atoms with Crippen LogP contribution in [0.4, 0.5) is 17.5 Å². The van der Waals surface area contributed by atoms with Crippen molar-refractivity contribution < 1.29 is 9.53 Å². The molecule has 0 unspecified atom stereocenters. The minimum absolute atomic E-state index is 0.371. The van der Waals surface area contributed by atoms with Gasteiger partial charge in [-0.25, -0.2) is 4.98 Å². The number of aldehydes is 1. The molecule has 2 aromatic rings. The maximum absolute atomic E-state index is 10.7. The second kappa shape index (κ2) is 12.9. The Morgan fingerprint density at radius 3 is 2.64 bits per heavy atom. The van der Waals surface area contributed by atoms with Crippen molar-refractivity contribution in [1.29, 1.82) is 0 Å². The fourth-order valence-electron chi connectivity index (χ4n) is 2.07. The number of benzene rings is 1. The molecule has 0 bridgehead atoms. The van der Waals surface area contributed by atoms with Gasteiger partial charge in [-0.3, -0.25) is 4.79 Å². The molecule has 28 heavy (non-hydrogen) atoms. The minimum Gasteiger partial charge on any atom is -0.495 e. The van der Waals surface area contributed by atoms with E-state index in [9.17, 15) is 4.79 Å². The Labute approximate surface area is 171 Å². The second-order valence-corrected chi connectivity index (χ2v) is 6.25. The van der Waals surface area contributed by atoms with Crippen molar-refractivity contribution in [3.63, 3.8) is 0 Å². The summed E-state index contributed by atoms with van der Waals surface area (Å²) in [6.07, 6.45) is 2.25. The molecule has 0 aliphatic rings. The predicted molar refractivity (Wildman–Crippen MR) is 115 cm³/mol.